The second-order valence-corrected chi connectivity index (χ2v) is 7.77. The Bertz CT molecular complexity index is 1090. The van der Waals surface area contributed by atoms with E-state index in [0.717, 1.165) is 29.8 Å². The zero-order valence-electron chi connectivity index (χ0n) is 18.0. The third-order valence-corrected chi connectivity index (χ3v) is 5.59. The molecule has 0 atom stereocenters. The SMILES string of the molecule is CCOc1cc(/C=N\n2c(C(CC)CC)n[nH]c2=S)ccc1OCc1ccccc1Cl. The molecule has 0 radical (unpaired) electrons. The normalized spacial score (nSPS) is 11.4. The van der Waals surface area contributed by atoms with Crippen LogP contribution in [0.4, 0.5) is 0 Å². The maximum atomic E-state index is 6.23. The van der Waals surface area contributed by atoms with Crippen LogP contribution in [0.5, 0.6) is 11.5 Å². The highest BCUT2D eigenvalue weighted by atomic mass is 35.5. The highest BCUT2D eigenvalue weighted by molar-refractivity contribution is 7.71. The van der Waals surface area contributed by atoms with Crippen molar-refractivity contribution in [2.45, 2.75) is 46.1 Å². The van der Waals surface area contributed by atoms with E-state index < -0.39 is 0 Å². The largest absolute Gasteiger partial charge is 0.490 e. The predicted octanol–water partition coefficient (Wildman–Crippen LogP) is 6.36. The van der Waals surface area contributed by atoms with Crippen LogP contribution in [0.25, 0.3) is 0 Å². The van der Waals surface area contributed by atoms with Crippen molar-refractivity contribution in [1.82, 2.24) is 14.9 Å². The van der Waals surface area contributed by atoms with Gasteiger partial charge in [0.05, 0.1) is 12.8 Å². The van der Waals surface area contributed by atoms with E-state index in [-0.39, 0.29) is 0 Å². The molecule has 0 unspecified atom stereocenters. The van der Waals surface area contributed by atoms with Crippen LogP contribution in [0.3, 0.4) is 0 Å². The molecule has 164 valence electrons. The van der Waals surface area contributed by atoms with E-state index in [2.05, 4.69) is 29.1 Å². The van der Waals surface area contributed by atoms with Crippen molar-refractivity contribution in [1.29, 1.82) is 0 Å². The first-order chi connectivity index (χ1) is 15.1. The molecular formula is C23H27ClN4O2S. The Balaban J connectivity index is 1.82. The highest BCUT2D eigenvalue weighted by Crippen LogP contribution is 2.30. The summed E-state index contributed by atoms with van der Waals surface area (Å²) in [7, 11) is 0. The average molecular weight is 459 g/mol. The van der Waals surface area contributed by atoms with Gasteiger partial charge >= 0.3 is 0 Å². The van der Waals surface area contributed by atoms with Crippen LogP contribution in [0.2, 0.25) is 5.02 Å². The van der Waals surface area contributed by atoms with Crippen LogP contribution >= 0.6 is 23.8 Å². The first kappa shape index (κ1) is 23.0. The second kappa shape index (κ2) is 11.1. The van der Waals surface area contributed by atoms with Crippen molar-refractivity contribution in [3.8, 4) is 11.5 Å². The summed E-state index contributed by atoms with van der Waals surface area (Å²) in [6, 6.07) is 13.3. The summed E-state index contributed by atoms with van der Waals surface area (Å²) in [5.41, 5.74) is 1.78. The standard InChI is InChI=1S/C23H27ClN4O2S/c1-4-17(5-2)22-26-27-23(31)28(22)25-14-16-11-12-20(21(13-16)29-6-3)30-15-18-9-7-8-10-19(18)24/h7-14,17H,4-6,15H2,1-3H3,(H,27,31)/b25-14-. The minimum Gasteiger partial charge on any atom is -0.490 e. The topological polar surface area (TPSA) is 64.4 Å². The fraction of sp³-hybridized carbons (Fsp3) is 0.348. The van der Waals surface area contributed by atoms with Gasteiger partial charge < -0.3 is 9.47 Å². The lowest BCUT2D eigenvalue weighted by atomic mass is 10.0. The lowest BCUT2D eigenvalue weighted by Gasteiger charge is -2.13. The fourth-order valence-electron chi connectivity index (χ4n) is 3.22. The Morgan fingerprint density at radius 3 is 2.61 bits per heavy atom. The number of hydrogen-bond acceptors (Lipinski definition) is 5. The molecule has 0 saturated heterocycles. The van der Waals surface area contributed by atoms with Crippen molar-refractivity contribution in [3.05, 3.63) is 69.2 Å². The Morgan fingerprint density at radius 1 is 1.13 bits per heavy atom. The van der Waals surface area contributed by atoms with E-state index in [0.29, 0.717) is 40.4 Å². The van der Waals surface area contributed by atoms with Gasteiger partial charge in [0.15, 0.2) is 17.3 Å². The Labute approximate surface area is 192 Å². The maximum absolute atomic E-state index is 6.23. The van der Waals surface area contributed by atoms with Crippen molar-refractivity contribution >= 4 is 30.0 Å². The summed E-state index contributed by atoms with van der Waals surface area (Å²) in [5.74, 6) is 2.44. The van der Waals surface area contributed by atoms with Gasteiger partial charge in [0.2, 0.25) is 4.77 Å². The molecule has 3 aromatic rings. The molecule has 0 aliphatic heterocycles. The predicted molar refractivity (Wildman–Crippen MR) is 127 cm³/mol. The summed E-state index contributed by atoms with van der Waals surface area (Å²) in [6.07, 6.45) is 3.69. The van der Waals surface area contributed by atoms with Crippen molar-refractivity contribution in [2.75, 3.05) is 6.61 Å². The van der Waals surface area contributed by atoms with Crippen LogP contribution in [0, 0.1) is 4.77 Å². The minimum absolute atomic E-state index is 0.296. The van der Waals surface area contributed by atoms with E-state index in [1.165, 1.54) is 0 Å². The Kier molecular flexibility index (Phi) is 8.26. The first-order valence-corrected chi connectivity index (χ1v) is 11.2. The van der Waals surface area contributed by atoms with Crippen LogP contribution < -0.4 is 9.47 Å². The number of hydrogen-bond donors (Lipinski definition) is 1. The summed E-state index contributed by atoms with van der Waals surface area (Å²) in [5, 5.41) is 12.5. The second-order valence-electron chi connectivity index (χ2n) is 6.98. The number of aromatic nitrogens is 3. The molecule has 2 aromatic carbocycles. The molecule has 3 rings (SSSR count). The molecule has 0 spiro atoms. The lowest BCUT2D eigenvalue weighted by molar-refractivity contribution is 0.269. The molecule has 0 bridgehead atoms. The number of rotatable bonds is 10. The molecule has 0 amide bonds. The van der Waals surface area contributed by atoms with E-state index in [1.807, 2.05) is 49.4 Å². The van der Waals surface area contributed by atoms with Crippen LogP contribution in [-0.4, -0.2) is 27.7 Å². The fourth-order valence-corrected chi connectivity index (χ4v) is 3.60. The van der Waals surface area contributed by atoms with E-state index in [4.69, 9.17) is 33.3 Å². The van der Waals surface area contributed by atoms with Crippen LogP contribution in [0.1, 0.15) is 56.5 Å². The van der Waals surface area contributed by atoms with Crippen molar-refractivity contribution in [2.24, 2.45) is 5.10 Å². The molecule has 0 fully saturated rings. The van der Waals surface area contributed by atoms with Crippen LogP contribution in [0.15, 0.2) is 47.6 Å². The zero-order valence-corrected chi connectivity index (χ0v) is 19.5. The molecule has 31 heavy (non-hydrogen) atoms. The summed E-state index contributed by atoms with van der Waals surface area (Å²) in [4.78, 5) is 0. The average Bonchev–Trinajstić information content (AvgIpc) is 3.14. The molecule has 8 heteroatoms. The summed E-state index contributed by atoms with van der Waals surface area (Å²) in [6.45, 7) is 7.08. The van der Waals surface area contributed by atoms with E-state index in [9.17, 15) is 0 Å². The number of ether oxygens (including phenoxy) is 2. The monoisotopic (exact) mass is 458 g/mol. The van der Waals surface area contributed by atoms with Crippen LogP contribution in [-0.2, 0) is 6.61 Å². The Morgan fingerprint density at radius 2 is 1.90 bits per heavy atom. The van der Waals surface area contributed by atoms with Gasteiger partial charge in [0.1, 0.15) is 6.61 Å². The molecular weight excluding hydrogens is 432 g/mol. The molecule has 0 aliphatic rings. The molecule has 0 saturated carbocycles. The number of nitrogens with one attached hydrogen (secondary N) is 1. The van der Waals surface area contributed by atoms with Crippen molar-refractivity contribution in [3.63, 3.8) is 0 Å². The van der Waals surface area contributed by atoms with E-state index in [1.54, 1.807) is 10.9 Å². The minimum atomic E-state index is 0.296. The smallest absolute Gasteiger partial charge is 0.216 e. The quantitative estimate of drug-likeness (QED) is 0.283. The van der Waals surface area contributed by atoms with Gasteiger partial charge in [0, 0.05) is 16.5 Å². The number of benzene rings is 2. The molecule has 6 nitrogen and oxygen atoms in total. The molecule has 1 aromatic heterocycles. The van der Waals surface area contributed by atoms with Gasteiger partial charge in [-0.15, -0.1) is 0 Å². The number of H-pyrrole nitrogens is 1. The third-order valence-electron chi connectivity index (χ3n) is 4.96. The third kappa shape index (κ3) is 5.74. The number of halogens is 1. The zero-order chi connectivity index (χ0) is 22.2. The molecule has 0 aliphatic carbocycles. The summed E-state index contributed by atoms with van der Waals surface area (Å²) >= 11 is 11.6. The summed E-state index contributed by atoms with van der Waals surface area (Å²) < 4.78 is 13.9. The molecule has 1 N–H and O–H groups in total. The van der Waals surface area contributed by atoms with Crippen molar-refractivity contribution < 1.29 is 9.47 Å². The Hall–Kier alpha value is -2.64. The van der Waals surface area contributed by atoms with Gasteiger partial charge in [0.25, 0.3) is 0 Å². The number of nitrogens with zero attached hydrogens (tertiary/aromatic N) is 3. The lowest BCUT2D eigenvalue weighted by Crippen LogP contribution is -2.05. The van der Waals surface area contributed by atoms with Gasteiger partial charge in [-0.25, -0.2) is 0 Å². The van der Waals surface area contributed by atoms with E-state index >= 15 is 0 Å². The first-order valence-electron chi connectivity index (χ1n) is 10.4. The molecule has 1 heterocycles. The van der Waals surface area contributed by atoms with Gasteiger partial charge in [-0.05, 0) is 61.8 Å². The highest BCUT2D eigenvalue weighted by Gasteiger charge is 2.15. The maximum Gasteiger partial charge on any atom is 0.216 e. The van der Waals surface area contributed by atoms with Gasteiger partial charge in [-0.2, -0.15) is 14.9 Å². The van der Waals surface area contributed by atoms with Gasteiger partial charge in [-0.3, -0.25) is 5.10 Å². The van der Waals surface area contributed by atoms with Gasteiger partial charge in [-0.1, -0.05) is 43.6 Å². The number of aromatic amines is 1.